The molecule has 0 heterocycles. The van der Waals surface area contributed by atoms with Crippen molar-refractivity contribution in [2.75, 3.05) is 13.2 Å². The van der Waals surface area contributed by atoms with Gasteiger partial charge >= 0.3 is 0 Å². The Hall–Kier alpha value is -1.12. The first-order chi connectivity index (χ1) is 14.5. The van der Waals surface area contributed by atoms with Crippen molar-refractivity contribution in [2.45, 2.75) is 109 Å². The van der Waals surface area contributed by atoms with E-state index in [1.54, 1.807) is 22.3 Å². The van der Waals surface area contributed by atoms with Crippen LogP contribution in [0, 0.1) is 5.92 Å². The zero-order chi connectivity index (χ0) is 21.1. The lowest BCUT2D eigenvalue weighted by molar-refractivity contribution is 0.102. The molecule has 166 valence electrons. The molecule has 1 aromatic carbocycles. The number of nitrogens with one attached hydrogen (secondary N) is 1. The van der Waals surface area contributed by atoms with Crippen molar-refractivity contribution >= 4 is 5.57 Å². The van der Waals surface area contributed by atoms with E-state index < -0.39 is 0 Å². The Labute approximate surface area is 184 Å². The Morgan fingerprint density at radius 1 is 1.00 bits per heavy atom. The first-order valence-corrected chi connectivity index (χ1v) is 12.7. The molecule has 1 N–H and O–H groups in total. The highest BCUT2D eigenvalue weighted by molar-refractivity contribution is 5.81. The fourth-order valence-electron chi connectivity index (χ4n) is 6.70. The van der Waals surface area contributed by atoms with Crippen molar-refractivity contribution < 1.29 is 4.74 Å². The quantitative estimate of drug-likeness (QED) is 0.475. The largest absolute Gasteiger partial charge is 0.380 e. The van der Waals surface area contributed by atoms with Crippen LogP contribution in [0.5, 0.6) is 0 Å². The molecular formula is C28H43NO. The van der Waals surface area contributed by atoms with Crippen molar-refractivity contribution in [3.63, 3.8) is 0 Å². The fourth-order valence-corrected chi connectivity index (χ4v) is 6.70. The summed E-state index contributed by atoms with van der Waals surface area (Å²) in [5.41, 5.74) is 6.57. The molecular weight excluding hydrogens is 366 g/mol. The maximum absolute atomic E-state index is 6.19. The molecule has 30 heavy (non-hydrogen) atoms. The van der Waals surface area contributed by atoms with Crippen LogP contribution in [0.2, 0.25) is 0 Å². The van der Waals surface area contributed by atoms with Crippen molar-refractivity contribution in [3.8, 4) is 0 Å². The van der Waals surface area contributed by atoms with Crippen molar-refractivity contribution in [1.29, 1.82) is 0 Å². The highest BCUT2D eigenvalue weighted by Crippen LogP contribution is 2.53. The molecule has 2 heteroatoms. The van der Waals surface area contributed by atoms with E-state index in [4.69, 9.17) is 4.74 Å². The fraction of sp³-hybridized carbons (Fsp3) is 0.714. The monoisotopic (exact) mass is 409 g/mol. The van der Waals surface area contributed by atoms with Gasteiger partial charge < -0.3 is 10.1 Å². The number of rotatable bonds is 9. The zero-order valence-electron chi connectivity index (χ0n) is 19.8. The van der Waals surface area contributed by atoms with Gasteiger partial charge in [-0.2, -0.15) is 0 Å². The highest BCUT2D eigenvalue weighted by Gasteiger charge is 2.43. The van der Waals surface area contributed by atoms with Gasteiger partial charge in [0.15, 0.2) is 0 Å². The molecule has 0 aromatic heterocycles. The van der Waals surface area contributed by atoms with Gasteiger partial charge in [0.1, 0.15) is 0 Å². The minimum Gasteiger partial charge on any atom is -0.380 e. The van der Waals surface area contributed by atoms with Gasteiger partial charge in [0.25, 0.3) is 0 Å². The summed E-state index contributed by atoms with van der Waals surface area (Å²) in [4.78, 5) is 0. The predicted molar refractivity (Wildman–Crippen MR) is 128 cm³/mol. The molecule has 4 rings (SSSR count). The average Bonchev–Trinajstić information content (AvgIpc) is 3.46. The minimum absolute atomic E-state index is 0.0131. The maximum Gasteiger partial charge on any atom is 0.0598 e. The van der Waals surface area contributed by atoms with E-state index >= 15 is 0 Å². The lowest BCUT2D eigenvalue weighted by Gasteiger charge is -2.33. The van der Waals surface area contributed by atoms with E-state index in [1.165, 1.54) is 51.4 Å². The van der Waals surface area contributed by atoms with E-state index in [1.807, 2.05) is 0 Å². The van der Waals surface area contributed by atoms with E-state index in [2.05, 4.69) is 57.3 Å². The second-order valence-corrected chi connectivity index (χ2v) is 10.6. The van der Waals surface area contributed by atoms with Gasteiger partial charge in [-0.05, 0) is 80.1 Å². The van der Waals surface area contributed by atoms with Gasteiger partial charge in [-0.1, -0.05) is 63.8 Å². The third-order valence-electron chi connectivity index (χ3n) is 7.80. The Bertz CT molecular complexity index is 739. The summed E-state index contributed by atoms with van der Waals surface area (Å²) in [5, 5.41) is 3.77. The summed E-state index contributed by atoms with van der Waals surface area (Å²) < 4.78 is 6.19. The van der Waals surface area contributed by atoms with Crippen molar-refractivity contribution in [1.82, 2.24) is 5.32 Å². The van der Waals surface area contributed by atoms with Crippen LogP contribution >= 0.6 is 0 Å². The third-order valence-corrected chi connectivity index (χ3v) is 7.80. The van der Waals surface area contributed by atoms with Gasteiger partial charge in [-0.3, -0.25) is 0 Å². The molecule has 1 aromatic rings. The van der Waals surface area contributed by atoms with E-state index in [9.17, 15) is 0 Å². The predicted octanol–water partition coefficient (Wildman–Crippen LogP) is 6.98. The van der Waals surface area contributed by atoms with Crippen LogP contribution in [0.4, 0.5) is 0 Å². The van der Waals surface area contributed by atoms with Crippen LogP contribution in [0.3, 0.4) is 0 Å². The highest BCUT2D eigenvalue weighted by atomic mass is 16.5. The van der Waals surface area contributed by atoms with Crippen LogP contribution in [0.1, 0.15) is 108 Å². The Morgan fingerprint density at radius 2 is 1.67 bits per heavy atom. The second-order valence-electron chi connectivity index (χ2n) is 10.6. The third kappa shape index (κ3) is 4.41. The molecule has 3 aliphatic carbocycles. The van der Waals surface area contributed by atoms with Crippen LogP contribution in [0.25, 0.3) is 5.57 Å². The molecule has 0 amide bonds. The molecule has 2 atom stereocenters. The maximum atomic E-state index is 6.19. The normalized spacial score (nSPS) is 25.8. The molecule has 0 saturated heterocycles. The number of allylic oxidation sites excluding steroid dienone is 1. The summed E-state index contributed by atoms with van der Waals surface area (Å²) in [5.74, 6) is 1.52. The molecule has 2 saturated carbocycles. The number of hydrogen-bond donors (Lipinski definition) is 1. The van der Waals surface area contributed by atoms with E-state index in [-0.39, 0.29) is 5.41 Å². The Morgan fingerprint density at radius 3 is 2.30 bits per heavy atom. The SMILES string of the molecule is CCOCC1(CC(C)NC(C)C)C=C(C2CCCC2)c2c(C3CCCC3)cccc21. The van der Waals surface area contributed by atoms with Gasteiger partial charge in [0, 0.05) is 24.1 Å². The molecule has 0 bridgehead atoms. The molecule has 2 fully saturated rings. The number of benzene rings is 1. The molecule has 0 aliphatic heterocycles. The Balaban J connectivity index is 1.79. The van der Waals surface area contributed by atoms with Gasteiger partial charge in [-0.15, -0.1) is 0 Å². The van der Waals surface area contributed by atoms with Crippen LogP contribution < -0.4 is 5.32 Å². The van der Waals surface area contributed by atoms with Crippen molar-refractivity contribution in [2.24, 2.45) is 5.92 Å². The van der Waals surface area contributed by atoms with Crippen LogP contribution in [0.15, 0.2) is 24.3 Å². The molecule has 3 aliphatic rings. The smallest absolute Gasteiger partial charge is 0.0598 e. The standard InChI is InChI=1S/C28H43NO/c1-5-30-19-28(17-21(4)29-20(2)3)18-25(23-13-8-9-14-23)27-24(15-10-16-26(27)28)22-11-6-7-12-22/h10,15-16,18,20-23,29H,5-9,11-14,17,19H2,1-4H3. The summed E-state index contributed by atoms with van der Waals surface area (Å²) in [6.07, 6.45) is 14.9. The van der Waals surface area contributed by atoms with E-state index in [0.717, 1.165) is 31.5 Å². The van der Waals surface area contributed by atoms with Gasteiger partial charge in [0.2, 0.25) is 0 Å². The summed E-state index contributed by atoms with van der Waals surface area (Å²) >= 11 is 0. The topological polar surface area (TPSA) is 21.3 Å². The van der Waals surface area contributed by atoms with E-state index in [0.29, 0.717) is 12.1 Å². The minimum atomic E-state index is 0.0131. The van der Waals surface area contributed by atoms with Crippen LogP contribution in [-0.4, -0.2) is 25.3 Å². The summed E-state index contributed by atoms with van der Waals surface area (Å²) in [7, 11) is 0. The van der Waals surface area contributed by atoms with Gasteiger partial charge in [-0.25, -0.2) is 0 Å². The molecule has 0 spiro atoms. The lowest BCUT2D eigenvalue weighted by atomic mass is 9.76. The summed E-state index contributed by atoms with van der Waals surface area (Å²) in [6.45, 7) is 10.6. The van der Waals surface area contributed by atoms with Crippen LogP contribution in [-0.2, 0) is 10.2 Å². The zero-order valence-corrected chi connectivity index (χ0v) is 19.8. The number of hydrogen-bond acceptors (Lipinski definition) is 2. The lowest BCUT2D eigenvalue weighted by Crippen LogP contribution is -2.40. The number of ether oxygens (including phenoxy) is 1. The first kappa shape index (κ1) is 22.1. The molecule has 2 unspecified atom stereocenters. The second kappa shape index (κ2) is 9.57. The molecule has 2 nitrogen and oxygen atoms in total. The summed E-state index contributed by atoms with van der Waals surface area (Å²) in [6, 6.07) is 8.22. The van der Waals surface area contributed by atoms with Gasteiger partial charge in [0.05, 0.1) is 6.61 Å². The Kier molecular flexibility index (Phi) is 7.05. The number of fused-ring (bicyclic) bond motifs is 1. The van der Waals surface area contributed by atoms with Crippen molar-refractivity contribution in [3.05, 3.63) is 41.0 Å². The average molecular weight is 410 g/mol. The first-order valence-electron chi connectivity index (χ1n) is 12.7. The molecule has 0 radical (unpaired) electrons.